The topological polar surface area (TPSA) is 38.0 Å². The van der Waals surface area contributed by atoms with Crippen LogP contribution in [0.25, 0.3) is 0 Å². The highest BCUT2D eigenvalue weighted by Crippen LogP contribution is 2.39. The molecule has 24 heavy (non-hydrogen) atoms. The molecule has 2 nitrogen and oxygen atoms in total. The van der Waals surface area contributed by atoms with Crippen LogP contribution in [0, 0.1) is 0 Å². The number of nitrogens with two attached hydrogens (primary N) is 1. The number of nitrogens with one attached hydrogen (secondary N) is 1. The Kier molecular flexibility index (Phi) is 4.46. The van der Waals surface area contributed by atoms with Crippen molar-refractivity contribution in [3.05, 3.63) is 53.6 Å². The Labute approximate surface area is 145 Å². The number of hydrogen-bond acceptors (Lipinski definition) is 2. The molecule has 0 radical (unpaired) electrons. The smallest absolute Gasteiger partial charge is 0.0388 e. The molecule has 2 aromatic carbocycles. The fraction of sp³-hybridized carbons (Fsp3) is 0.455. The molecule has 0 atom stereocenters. The Morgan fingerprint density at radius 2 is 1.42 bits per heavy atom. The first-order chi connectivity index (χ1) is 11.8. The minimum absolute atomic E-state index is 0.650. The molecule has 2 heteroatoms. The maximum absolute atomic E-state index is 6.24. The molecule has 2 aromatic rings. The third kappa shape index (κ3) is 3.28. The van der Waals surface area contributed by atoms with Crippen molar-refractivity contribution >= 4 is 17.1 Å². The monoisotopic (exact) mass is 320 g/mol. The first-order valence-corrected chi connectivity index (χ1v) is 9.56. The summed E-state index contributed by atoms with van der Waals surface area (Å²) < 4.78 is 0. The van der Waals surface area contributed by atoms with E-state index in [1.807, 2.05) is 0 Å². The summed E-state index contributed by atoms with van der Waals surface area (Å²) >= 11 is 0. The van der Waals surface area contributed by atoms with E-state index in [0.717, 1.165) is 17.3 Å². The molecule has 0 aliphatic heterocycles. The third-order valence-electron chi connectivity index (χ3n) is 5.88. The van der Waals surface area contributed by atoms with Crippen LogP contribution in [0.15, 0.2) is 42.5 Å². The molecule has 0 amide bonds. The van der Waals surface area contributed by atoms with Crippen molar-refractivity contribution in [3.63, 3.8) is 0 Å². The van der Waals surface area contributed by atoms with E-state index < -0.39 is 0 Å². The van der Waals surface area contributed by atoms with Gasteiger partial charge in [0, 0.05) is 17.1 Å². The number of nitrogen functional groups attached to an aromatic ring is 1. The molecule has 4 rings (SSSR count). The van der Waals surface area contributed by atoms with E-state index in [9.17, 15) is 0 Å². The van der Waals surface area contributed by atoms with Gasteiger partial charge in [0.15, 0.2) is 0 Å². The minimum atomic E-state index is 0.650. The van der Waals surface area contributed by atoms with E-state index in [-0.39, 0.29) is 0 Å². The number of rotatable bonds is 4. The van der Waals surface area contributed by atoms with Gasteiger partial charge in [-0.15, -0.1) is 0 Å². The number of anilines is 3. The molecule has 2 aliphatic rings. The molecule has 0 saturated heterocycles. The zero-order valence-corrected chi connectivity index (χ0v) is 14.4. The molecule has 0 aromatic heterocycles. The summed E-state index contributed by atoms with van der Waals surface area (Å²) in [5, 5.41) is 3.60. The van der Waals surface area contributed by atoms with Crippen LogP contribution in [-0.2, 0) is 0 Å². The average Bonchev–Trinajstić information content (AvgIpc) is 3.31. The summed E-state index contributed by atoms with van der Waals surface area (Å²) in [6, 6.07) is 15.4. The van der Waals surface area contributed by atoms with Crippen LogP contribution in [0.3, 0.4) is 0 Å². The Balaban J connectivity index is 1.54. The quantitative estimate of drug-likeness (QED) is 0.646. The van der Waals surface area contributed by atoms with Gasteiger partial charge in [0.1, 0.15) is 0 Å². The standard InChI is InChI=1S/C22H28N2/c23-22-13-12-20(15-21(22)17-8-3-4-9-17)24-19-11-5-10-18(14-19)16-6-1-2-7-16/h5,10-17,24H,1-4,6-9,23H2. The van der Waals surface area contributed by atoms with E-state index in [1.165, 1.54) is 68.2 Å². The van der Waals surface area contributed by atoms with E-state index in [4.69, 9.17) is 5.73 Å². The molecule has 2 aliphatic carbocycles. The highest BCUT2D eigenvalue weighted by Gasteiger charge is 2.20. The van der Waals surface area contributed by atoms with Crippen molar-refractivity contribution in [3.8, 4) is 0 Å². The zero-order chi connectivity index (χ0) is 16.4. The average molecular weight is 320 g/mol. The van der Waals surface area contributed by atoms with Crippen molar-refractivity contribution in [2.24, 2.45) is 0 Å². The summed E-state index contributed by atoms with van der Waals surface area (Å²) in [4.78, 5) is 0. The predicted molar refractivity (Wildman–Crippen MR) is 103 cm³/mol. The lowest BCUT2D eigenvalue weighted by Gasteiger charge is -2.16. The Hall–Kier alpha value is -1.96. The van der Waals surface area contributed by atoms with Crippen LogP contribution in [0.1, 0.15) is 74.3 Å². The van der Waals surface area contributed by atoms with Gasteiger partial charge in [-0.1, -0.05) is 37.8 Å². The SMILES string of the molecule is Nc1ccc(Nc2cccc(C3CCCC3)c2)cc1C1CCCC1. The van der Waals surface area contributed by atoms with Gasteiger partial charge in [0.25, 0.3) is 0 Å². The van der Waals surface area contributed by atoms with Gasteiger partial charge >= 0.3 is 0 Å². The second kappa shape index (κ2) is 6.88. The van der Waals surface area contributed by atoms with Gasteiger partial charge in [-0.2, -0.15) is 0 Å². The van der Waals surface area contributed by atoms with Gasteiger partial charge in [-0.3, -0.25) is 0 Å². The van der Waals surface area contributed by atoms with Crippen molar-refractivity contribution < 1.29 is 0 Å². The molecule has 2 fully saturated rings. The molecule has 0 bridgehead atoms. The fourth-order valence-corrected chi connectivity index (χ4v) is 4.54. The summed E-state index contributed by atoms with van der Waals surface area (Å²) in [6.07, 6.45) is 10.7. The molecular formula is C22H28N2. The van der Waals surface area contributed by atoms with Crippen LogP contribution in [-0.4, -0.2) is 0 Å². The third-order valence-corrected chi connectivity index (χ3v) is 5.88. The minimum Gasteiger partial charge on any atom is -0.398 e. The van der Waals surface area contributed by atoms with E-state index in [1.54, 1.807) is 0 Å². The van der Waals surface area contributed by atoms with Crippen LogP contribution in [0.4, 0.5) is 17.1 Å². The van der Waals surface area contributed by atoms with E-state index in [0.29, 0.717) is 5.92 Å². The highest BCUT2D eigenvalue weighted by molar-refractivity contribution is 5.65. The summed E-state index contributed by atoms with van der Waals surface area (Å²) in [7, 11) is 0. The molecular weight excluding hydrogens is 292 g/mol. The molecule has 3 N–H and O–H groups in total. The normalized spacial score (nSPS) is 19.0. The summed E-state index contributed by atoms with van der Waals surface area (Å²) in [6.45, 7) is 0. The first-order valence-electron chi connectivity index (χ1n) is 9.56. The predicted octanol–water partition coefficient (Wildman–Crippen LogP) is 6.33. The first kappa shape index (κ1) is 15.6. The lowest BCUT2D eigenvalue weighted by atomic mass is 9.95. The van der Waals surface area contributed by atoms with Crippen molar-refractivity contribution in [2.45, 2.75) is 63.2 Å². The van der Waals surface area contributed by atoms with E-state index >= 15 is 0 Å². The van der Waals surface area contributed by atoms with E-state index in [2.05, 4.69) is 47.8 Å². The zero-order valence-electron chi connectivity index (χ0n) is 14.4. The maximum Gasteiger partial charge on any atom is 0.0388 e. The Morgan fingerprint density at radius 1 is 0.750 bits per heavy atom. The number of hydrogen-bond donors (Lipinski definition) is 2. The Bertz CT molecular complexity index is 695. The van der Waals surface area contributed by atoms with Crippen molar-refractivity contribution in [2.75, 3.05) is 11.1 Å². The van der Waals surface area contributed by atoms with Crippen molar-refractivity contribution in [1.82, 2.24) is 0 Å². The van der Waals surface area contributed by atoms with Crippen LogP contribution < -0.4 is 11.1 Å². The highest BCUT2D eigenvalue weighted by atomic mass is 14.9. The second-order valence-electron chi connectivity index (χ2n) is 7.56. The molecule has 2 saturated carbocycles. The lowest BCUT2D eigenvalue weighted by molar-refractivity contribution is 0.723. The number of benzene rings is 2. The molecule has 126 valence electrons. The fourth-order valence-electron chi connectivity index (χ4n) is 4.54. The van der Waals surface area contributed by atoms with Gasteiger partial charge in [0.2, 0.25) is 0 Å². The van der Waals surface area contributed by atoms with Crippen LogP contribution >= 0.6 is 0 Å². The molecule has 0 unspecified atom stereocenters. The second-order valence-corrected chi connectivity index (χ2v) is 7.56. The van der Waals surface area contributed by atoms with Crippen LogP contribution in [0.2, 0.25) is 0 Å². The van der Waals surface area contributed by atoms with Crippen LogP contribution in [0.5, 0.6) is 0 Å². The van der Waals surface area contributed by atoms with Crippen molar-refractivity contribution in [1.29, 1.82) is 0 Å². The lowest BCUT2D eigenvalue weighted by Crippen LogP contribution is -2.01. The summed E-state index contributed by atoms with van der Waals surface area (Å²) in [5.74, 6) is 1.41. The van der Waals surface area contributed by atoms with Gasteiger partial charge < -0.3 is 11.1 Å². The molecule has 0 spiro atoms. The van der Waals surface area contributed by atoms with Gasteiger partial charge in [-0.05, 0) is 79.0 Å². The Morgan fingerprint density at radius 3 is 2.17 bits per heavy atom. The van der Waals surface area contributed by atoms with Gasteiger partial charge in [-0.25, -0.2) is 0 Å². The largest absolute Gasteiger partial charge is 0.398 e. The summed E-state index contributed by atoms with van der Waals surface area (Å²) in [5.41, 5.74) is 12.4. The maximum atomic E-state index is 6.24. The van der Waals surface area contributed by atoms with Gasteiger partial charge in [0.05, 0.1) is 0 Å². The molecule has 0 heterocycles.